The minimum atomic E-state index is -0.923. The average molecular weight is 237 g/mol. The predicted octanol–water partition coefficient (Wildman–Crippen LogP) is 1.19. The number of aliphatic hydroxyl groups is 1. The van der Waals surface area contributed by atoms with Gasteiger partial charge in [0.2, 0.25) is 0 Å². The first-order valence-electron chi connectivity index (χ1n) is 5.83. The first-order chi connectivity index (χ1) is 8.16. The quantitative estimate of drug-likeness (QED) is 0.828. The number of rotatable bonds is 3. The minimum Gasteiger partial charge on any atom is -0.493 e. The lowest BCUT2D eigenvalue weighted by atomic mass is 9.78. The predicted molar refractivity (Wildman–Crippen MR) is 65.4 cm³/mol. The van der Waals surface area contributed by atoms with Gasteiger partial charge >= 0.3 is 0 Å². The van der Waals surface area contributed by atoms with Crippen molar-refractivity contribution in [2.45, 2.75) is 24.9 Å². The maximum atomic E-state index is 10.5. The summed E-state index contributed by atoms with van der Waals surface area (Å²) in [5, 5.41) is 10.5. The molecule has 1 atom stereocenters. The van der Waals surface area contributed by atoms with Crippen molar-refractivity contribution >= 4 is 0 Å². The maximum Gasteiger partial charge on any atom is 0.164 e. The van der Waals surface area contributed by atoms with Gasteiger partial charge in [0.25, 0.3) is 0 Å². The second kappa shape index (κ2) is 4.55. The Balaban J connectivity index is 2.59. The van der Waals surface area contributed by atoms with E-state index in [2.05, 4.69) is 0 Å². The Kier molecular flexibility index (Phi) is 3.26. The van der Waals surface area contributed by atoms with Gasteiger partial charge in [0.05, 0.1) is 14.2 Å². The van der Waals surface area contributed by atoms with E-state index in [1.165, 1.54) is 0 Å². The molecule has 1 aromatic rings. The molecule has 0 saturated carbocycles. The lowest BCUT2D eigenvalue weighted by molar-refractivity contribution is 0.0274. The van der Waals surface area contributed by atoms with Gasteiger partial charge in [0, 0.05) is 12.1 Å². The van der Waals surface area contributed by atoms with Gasteiger partial charge in [-0.1, -0.05) is 6.07 Å². The van der Waals surface area contributed by atoms with Crippen LogP contribution in [-0.4, -0.2) is 25.9 Å². The highest BCUT2D eigenvalue weighted by atomic mass is 16.5. The summed E-state index contributed by atoms with van der Waals surface area (Å²) in [6.45, 7) is 0.232. The molecule has 1 aromatic carbocycles. The van der Waals surface area contributed by atoms with Crippen LogP contribution in [0, 0.1) is 0 Å². The van der Waals surface area contributed by atoms with Gasteiger partial charge in [-0.25, -0.2) is 0 Å². The van der Waals surface area contributed by atoms with Crippen molar-refractivity contribution < 1.29 is 14.6 Å². The Bertz CT molecular complexity index is 419. The van der Waals surface area contributed by atoms with Crippen molar-refractivity contribution in [3.63, 3.8) is 0 Å². The molecule has 0 bridgehead atoms. The summed E-state index contributed by atoms with van der Waals surface area (Å²) in [5.41, 5.74) is 6.67. The average Bonchev–Trinajstić information content (AvgIpc) is 2.37. The molecule has 0 amide bonds. The van der Waals surface area contributed by atoms with Crippen molar-refractivity contribution in [3.05, 3.63) is 23.3 Å². The molecule has 1 aliphatic carbocycles. The number of hydrogen-bond donors (Lipinski definition) is 2. The van der Waals surface area contributed by atoms with Crippen LogP contribution in [0.4, 0.5) is 0 Å². The Morgan fingerprint density at radius 3 is 2.71 bits per heavy atom. The van der Waals surface area contributed by atoms with Gasteiger partial charge in [-0.3, -0.25) is 0 Å². The molecule has 0 unspecified atom stereocenters. The number of nitrogens with two attached hydrogens (primary N) is 1. The van der Waals surface area contributed by atoms with Crippen LogP contribution in [0.2, 0.25) is 0 Å². The highest BCUT2D eigenvalue weighted by molar-refractivity contribution is 5.53. The van der Waals surface area contributed by atoms with Crippen LogP contribution in [-0.2, 0) is 12.0 Å². The molecule has 94 valence electrons. The van der Waals surface area contributed by atoms with E-state index in [0.29, 0.717) is 12.2 Å². The largest absolute Gasteiger partial charge is 0.493 e. The Morgan fingerprint density at radius 2 is 2.12 bits per heavy atom. The molecule has 0 radical (unpaired) electrons. The van der Waals surface area contributed by atoms with Gasteiger partial charge in [-0.15, -0.1) is 0 Å². The number of benzene rings is 1. The van der Waals surface area contributed by atoms with E-state index in [9.17, 15) is 5.11 Å². The summed E-state index contributed by atoms with van der Waals surface area (Å²) in [6.07, 6.45) is 2.49. The third-order valence-corrected chi connectivity index (χ3v) is 3.50. The summed E-state index contributed by atoms with van der Waals surface area (Å²) < 4.78 is 10.7. The third-order valence-electron chi connectivity index (χ3n) is 3.50. The van der Waals surface area contributed by atoms with Gasteiger partial charge in [-0.05, 0) is 30.9 Å². The number of hydrogen-bond acceptors (Lipinski definition) is 4. The van der Waals surface area contributed by atoms with Crippen LogP contribution in [0.15, 0.2) is 12.1 Å². The lowest BCUT2D eigenvalue weighted by Crippen LogP contribution is -2.38. The van der Waals surface area contributed by atoms with Crippen LogP contribution < -0.4 is 15.2 Å². The standard InChI is InChI=1S/C13H19NO3/c1-16-11-6-5-10-9(12(11)17-2)4-3-7-13(10,15)8-14/h5-6,15H,3-4,7-8,14H2,1-2H3/t13-/m1/s1. The Morgan fingerprint density at radius 1 is 1.35 bits per heavy atom. The molecular weight excluding hydrogens is 218 g/mol. The van der Waals surface area contributed by atoms with Crippen molar-refractivity contribution in [1.82, 2.24) is 0 Å². The molecule has 1 aliphatic rings. The van der Waals surface area contributed by atoms with E-state index in [1.807, 2.05) is 12.1 Å². The summed E-state index contributed by atoms with van der Waals surface area (Å²) in [4.78, 5) is 0. The number of fused-ring (bicyclic) bond motifs is 1. The Labute approximate surface area is 101 Å². The zero-order chi connectivity index (χ0) is 12.5. The van der Waals surface area contributed by atoms with Crippen LogP contribution >= 0.6 is 0 Å². The van der Waals surface area contributed by atoms with E-state index in [0.717, 1.165) is 29.7 Å². The highest BCUT2D eigenvalue weighted by Crippen LogP contribution is 2.43. The number of ether oxygens (including phenoxy) is 2. The fourth-order valence-corrected chi connectivity index (χ4v) is 2.58. The van der Waals surface area contributed by atoms with E-state index in [4.69, 9.17) is 15.2 Å². The first-order valence-corrected chi connectivity index (χ1v) is 5.83. The maximum absolute atomic E-state index is 10.5. The van der Waals surface area contributed by atoms with Crippen LogP contribution in [0.3, 0.4) is 0 Å². The molecule has 4 nitrogen and oxygen atoms in total. The normalized spacial score (nSPS) is 23.1. The van der Waals surface area contributed by atoms with Crippen molar-refractivity contribution in [2.24, 2.45) is 5.73 Å². The molecule has 4 heteroatoms. The van der Waals surface area contributed by atoms with Gasteiger partial charge in [0.15, 0.2) is 11.5 Å². The zero-order valence-corrected chi connectivity index (χ0v) is 10.3. The first kappa shape index (κ1) is 12.2. The third kappa shape index (κ3) is 1.87. The van der Waals surface area contributed by atoms with Gasteiger partial charge in [-0.2, -0.15) is 0 Å². The van der Waals surface area contributed by atoms with E-state index >= 15 is 0 Å². The number of methoxy groups -OCH3 is 2. The Hall–Kier alpha value is -1.26. The molecular formula is C13H19NO3. The summed E-state index contributed by atoms with van der Waals surface area (Å²) in [5.74, 6) is 1.42. The van der Waals surface area contributed by atoms with Crippen molar-refractivity contribution in [1.29, 1.82) is 0 Å². The molecule has 3 N–H and O–H groups in total. The summed E-state index contributed by atoms with van der Waals surface area (Å²) >= 11 is 0. The van der Waals surface area contributed by atoms with E-state index in [1.54, 1.807) is 14.2 Å². The molecule has 0 aliphatic heterocycles. The van der Waals surface area contributed by atoms with Gasteiger partial charge < -0.3 is 20.3 Å². The monoisotopic (exact) mass is 237 g/mol. The van der Waals surface area contributed by atoms with Crippen LogP contribution in [0.1, 0.15) is 24.0 Å². The molecule has 17 heavy (non-hydrogen) atoms. The molecule has 0 spiro atoms. The van der Waals surface area contributed by atoms with E-state index < -0.39 is 5.60 Å². The van der Waals surface area contributed by atoms with Crippen molar-refractivity contribution in [2.75, 3.05) is 20.8 Å². The molecule has 0 heterocycles. The SMILES string of the molecule is COc1ccc2c(c1OC)CCC[C@@]2(O)CN. The lowest BCUT2D eigenvalue weighted by Gasteiger charge is -2.34. The summed E-state index contributed by atoms with van der Waals surface area (Å²) in [6, 6.07) is 3.71. The van der Waals surface area contributed by atoms with E-state index in [-0.39, 0.29) is 6.54 Å². The molecule has 0 saturated heterocycles. The van der Waals surface area contributed by atoms with Gasteiger partial charge in [0.1, 0.15) is 5.60 Å². The molecule has 2 rings (SSSR count). The zero-order valence-electron chi connectivity index (χ0n) is 10.3. The van der Waals surface area contributed by atoms with Crippen LogP contribution in [0.25, 0.3) is 0 Å². The summed E-state index contributed by atoms with van der Waals surface area (Å²) in [7, 11) is 3.23. The van der Waals surface area contributed by atoms with Crippen molar-refractivity contribution in [3.8, 4) is 11.5 Å². The van der Waals surface area contributed by atoms with Crippen LogP contribution in [0.5, 0.6) is 11.5 Å². The highest BCUT2D eigenvalue weighted by Gasteiger charge is 2.35. The topological polar surface area (TPSA) is 64.7 Å². The molecule has 0 aromatic heterocycles. The smallest absolute Gasteiger partial charge is 0.164 e. The second-order valence-corrected chi connectivity index (χ2v) is 4.42. The second-order valence-electron chi connectivity index (χ2n) is 4.42. The molecule has 0 fully saturated rings. The fraction of sp³-hybridized carbons (Fsp3) is 0.538. The minimum absolute atomic E-state index is 0.232. The fourth-order valence-electron chi connectivity index (χ4n) is 2.58.